The van der Waals surface area contributed by atoms with Crippen molar-refractivity contribution in [3.8, 4) is 0 Å². The van der Waals surface area contributed by atoms with E-state index in [0.29, 0.717) is 0 Å². The summed E-state index contributed by atoms with van der Waals surface area (Å²) in [5, 5.41) is 10.6. The first kappa shape index (κ1) is 14.2. The van der Waals surface area contributed by atoms with Crippen LogP contribution in [0.1, 0.15) is 18.4 Å². The van der Waals surface area contributed by atoms with Gasteiger partial charge in [-0.05, 0) is 30.5 Å². The average molecular weight is 426 g/mol. The Balaban J connectivity index is 2.17. The lowest BCUT2D eigenvalue weighted by atomic mass is 9.93. The summed E-state index contributed by atoms with van der Waals surface area (Å²) < 4.78 is 7.80. The molecule has 2 unspecified atom stereocenters. The molecule has 0 bridgehead atoms. The van der Waals surface area contributed by atoms with Crippen molar-refractivity contribution in [3.63, 3.8) is 0 Å². The molecule has 1 aliphatic heterocycles. The van der Waals surface area contributed by atoms with Crippen LogP contribution in [0.25, 0.3) is 0 Å². The Morgan fingerprint density at radius 1 is 1.50 bits per heavy atom. The molecule has 0 spiro atoms. The third-order valence-electron chi connectivity index (χ3n) is 3.20. The van der Waals surface area contributed by atoms with Gasteiger partial charge in [0.1, 0.15) is 11.7 Å². The number of nitro groups is 1. The van der Waals surface area contributed by atoms with E-state index in [1.807, 2.05) is 24.3 Å². The van der Waals surface area contributed by atoms with Crippen molar-refractivity contribution in [2.24, 2.45) is 0 Å². The molecule has 0 aliphatic carbocycles. The van der Waals surface area contributed by atoms with Crippen LogP contribution in [0, 0.1) is 10.1 Å². The van der Waals surface area contributed by atoms with Crippen LogP contribution in [0.3, 0.4) is 0 Å². The molecule has 0 saturated carbocycles. The van der Waals surface area contributed by atoms with E-state index in [1.165, 1.54) is 0 Å². The Bertz CT molecular complexity index is 439. The Morgan fingerprint density at radius 2 is 2.17 bits per heavy atom. The Hall–Kier alpha value is -0.210. The van der Waals surface area contributed by atoms with Crippen LogP contribution in [0.5, 0.6) is 0 Å². The van der Waals surface area contributed by atoms with Crippen molar-refractivity contribution in [1.82, 2.24) is 0 Å². The first-order valence-electron chi connectivity index (χ1n) is 5.67. The minimum atomic E-state index is -0.359. The van der Waals surface area contributed by atoms with Crippen LogP contribution in [0.4, 0.5) is 0 Å². The van der Waals surface area contributed by atoms with Crippen LogP contribution in [0.2, 0.25) is 0 Å². The molecule has 1 aromatic rings. The van der Waals surface area contributed by atoms with E-state index in [9.17, 15) is 10.1 Å². The van der Waals surface area contributed by atoms with Gasteiger partial charge in [0.25, 0.3) is 0 Å². The number of halogens is 2. The highest BCUT2D eigenvalue weighted by molar-refractivity contribution is 14.1. The normalized spacial score (nSPS) is 27.3. The molecule has 0 N–H and O–H groups in total. The number of alkyl halides is 1. The van der Waals surface area contributed by atoms with Gasteiger partial charge in [0, 0.05) is 13.8 Å². The molecule has 4 nitrogen and oxygen atoms in total. The lowest BCUT2D eigenvalue weighted by molar-refractivity contribution is -0.491. The molecular weight excluding hydrogens is 413 g/mol. The summed E-state index contributed by atoms with van der Waals surface area (Å²) >= 11 is 5.70. The second-order valence-corrected chi connectivity index (χ2v) is 6.11. The van der Waals surface area contributed by atoms with E-state index in [2.05, 4.69) is 38.5 Å². The maximum atomic E-state index is 10.6. The minimum absolute atomic E-state index is 0.102. The molecule has 1 heterocycles. The molecule has 2 rings (SSSR count). The highest BCUT2D eigenvalue weighted by Crippen LogP contribution is 2.41. The van der Waals surface area contributed by atoms with Gasteiger partial charge >= 0.3 is 0 Å². The molecule has 2 atom stereocenters. The summed E-state index contributed by atoms with van der Waals surface area (Å²) in [4.78, 5) is 10.3. The third-order valence-corrected chi connectivity index (χ3v) is 4.96. The number of hydrogen-bond donors (Lipinski definition) is 0. The molecule has 18 heavy (non-hydrogen) atoms. The van der Waals surface area contributed by atoms with Crippen LogP contribution < -0.4 is 0 Å². The minimum Gasteiger partial charge on any atom is -0.359 e. The molecule has 0 radical (unpaired) electrons. The highest BCUT2D eigenvalue weighted by atomic mass is 127. The van der Waals surface area contributed by atoms with Gasteiger partial charge in [0.2, 0.25) is 6.54 Å². The summed E-state index contributed by atoms with van der Waals surface area (Å²) in [6, 6.07) is 8.01. The van der Waals surface area contributed by atoms with Gasteiger partial charge in [-0.3, -0.25) is 10.1 Å². The second kappa shape index (κ2) is 5.83. The van der Waals surface area contributed by atoms with Crippen molar-refractivity contribution in [2.45, 2.75) is 24.5 Å². The zero-order valence-corrected chi connectivity index (χ0v) is 13.4. The number of nitrogens with zero attached hydrogens (tertiary/aromatic N) is 1. The molecule has 1 fully saturated rings. The van der Waals surface area contributed by atoms with E-state index in [4.69, 9.17) is 4.74 Å². The number of ether oxygens (including phenoxy) is 1. The van der Waals surface area contributed by atoms with Crippen molar-refractivity contribution in [1.29, 1.82) is 0 Å². The summed E-state index contributed by atoms with van der Waals surface area (Å²) in [7, 11) is 0. The van der Waals surface area contributed by atoms with Crippen LogP contribution >= 0.6 is 38.5 Å². The van der Waals surface area contributed by atoms with Crippen LogP contribution in [0.15, 0.2) is 28.7 Å². The van der Waals surface area contributed by atoms with Gasteiger partial charge < -0.3 is 4.74 Å². The quantitative estimate of drug-likeness (QED) is 0.321. The molecule has 0 aromatic heterocycles. The third kappa shape index (κ3) is 3.03. The summed E-state index contributed by atoms with van der Waals surface area (Å²) in [6.07, 6.45) is 1.33. The number of hydrogen-bond acceptors (Lipinski definition) is 3. The molecule has 0 amide bonds. The lowest BCUT2D eigenvalue weighted by Gasteiger charge is -2.27. The standard InChI is InChI=1S/C12H13BrINO3/c13-10-3-1-9(2-4-10)12(8-14)6-5-11(18-12)7-15(16)17/h1-4,11H,5-8H2. The van der Waals surface area contributed by atoms with Crippen molar-refractivity contribution < 1.29 is 9.66 Å². The van der Waals surface area contributed by atoms with Gasteiger partial charge in [-0.15, -0.1) is 0 Å². The highest BCUT2D eigenvalue weighted by Gasteiger charge is 2.42. The zero-order chi connectivity index (χ0) is 13.2. The molecule has 1 aromatic carbocycles. The predicted octanol–water partition coefficient (Wildman–Crippen LogP) is 3.54. The van der Waals surface area contributed by atoms with E-state index in [-0.39, 0.29) is 23.2 Å². The van der Waals surface area contributed by atoms with E-state index >= 15 is 0 Å². The van der Waals surface area contributed by atoms with Crippen molar-refractivity contribution in [2.75, 3.05) is 11.0 Å². The summed E-state index contributed by atoms with van der Waals surface area (Å²) in [6.45, 7) is -0.102. The van der Waals surface area contributed by atoms with Crippen molar-refractivity contribution in [3.05, 3.63) is 44.4 Å². The maximum absolute atomic E-state index is 10.6. The van der Waals surface area contributed by atoms with Crippen LogP contribution in [-0.4, -0.2) is 22.0 Å². The van der Waals surface area contributed by atoms with E-state index in [1.54, 1.807) is 0 Å². The fourth-order valence-corrected chi connectivity index (χ4v) is 3.53. The smallest absolute Gasteiger partial charge is 0.229 e. The fraction of sp³-hybridized carbons (Fsp3) is 0.500. The molecule has 1 aliphatic rings. The van der Waals surface area contributed by atoms with Gasteiger partial charge in [-0.2, -0.15) is 0 Å². The van der Waals surface area contributed by atoms with Gasteiger partial charge in [-0.1, -0.05) is 50.7 Å². The maximum Gasteiger partial charge on any atom is 0.229 e. The Labute approximate surface area is 128 Å². The van der Waals surface area contributed by atoms with Gasteiger partial charge in [0.15, 0.2) is 0 Å². The predicted molar refractivity (Wildman–Crippen MR) is 80.7 cm³/mol. The van der Waals surface area contributed by atoms with Gasteiger partial charge in [0.05, 0.1) is 0 Å². The Morgan fingerprint density at radius 3 is 2.72 bits per heavy atom. The van der Waals surface area contributed by atoms with Crippen molar-refractivity contribution >= 4 is 38.5 Å². The Kier molecular flexibility index (Phi) is 4.60. The summed E-state index contributed by atoms with van der Waals surface area (Å²) in [5.74, 6) is 0. The average Bonchev–Trinajstić information content (AvgIpc) is 2.74. The molecule has 98 valence electrons. The monoisotopic (exact) mass is 425 g/mol. The molecule has 1 saturated heterocycles. The first-order chi connectivity index (χ1) is 8.55. The van der Waals surface area contributed by atoms with E-state index in [0.717, 1.165) is 27.3 Å². The van der Waals surface area contributed by atoms with E-state index < -0.39 is 0 Å². The summed E-state index contributed by atoms with van der Waals surface area (Å²) in [5.41, 5.74) is 0.744. The second-order valence-electron chi connectivity index (χ2n) is 4.43. The largest absolute Gasteiger partial charge is 0.359 e. The first-order valence-corrected chi connectivity index (χ1v) is 7.99. The topological polar surface area (TPSA) is 52.4 Å². The molecule has 6 heteroatoms. The van der Waals surface area contributed by atoms with Crippen LogP contribution in [-0.2, 0) is 10.3 Å². The zero-order valence-electron chi connectivity index (χ0n) is 9.64. The fourth-order valence-electron chi connectivity index (χ4n) is 2.27. The van der Waals surface area contributed by atoms with Gasteiger partial charge in [-0.25, -0.2) is 0 Å². The SMILES string of the molecule is O=[N+]([O-])CC1CCC(CI)(c2ccc(Br)cc2)O1. The molecular formula is C12H13BrINO3. The number of benzene rings is 1. The number of rotatable bonds is 4. The lowest BCUT2D eigenvalue weighted by Crippen LogP contribution is -2.30.